The summed E-state index contributed by atoms with van der Waals surface area (Å²) in [5, 5.41) is 3.28. The molecule has 0 saturated heterocycles. The quantitative estimate of drug-likeness (QED) is 0.469. The van der Waals surface area contributed by atoms with E-state index in [4.69, 9.17) is 0 Å². The molecule has 0 aliphatic carbocycles. The summed E-state index contributed by atoms with van der Waals surface area (Å²) >= 11 is 0. The molecule has 0 radical (unpaired) electrons. The van der Waals surface area contributed by atoms with Crippen molar-refractivity contribution in [2.75, 3.05) is 26.8 Å². The van der Waals surface area contributed by atoms with Crippen molar-refractivity contribution in [2.45, 2.75) is 20.8 Å². The normalized spacial score (nSPS) is 18.7. The van der Waals surface area contributed by atoms with Gasteiger partial charge in [-0.1, -0.05) is 24.1 Å². The third-order valence-electron chi connectivity index (χ3n) is 3.64. The fraction of sp³-hybridized carbons (Fsp3) is 0.350. The van der Waals surface area contributed by atoms with Crippen LogP contribution in [0.3, 0.4) is 0 Å². The largest absolute Gasteiger partial charge is 0.375 e. The highest BCUT2D eigenvalue weighted by Crippen LogP contribution is 2.10. The Labute approximate surface area is 149 Å². The van der Waals surface area contributed by atoms with Crippen LogP contribution in [0.4, 0.5) is 0 Å². The maximum Gasteiger partial charge on any atom is 0.0923 e. The zero-order chi connectivity index (χ0) is 17.9. The van der Waals surface area contributed by atoms with E-state index in [9.17, 15) is 0 Å². The van der Waals surface area contributed by atoms with Crippen molar-refractivity contribution in [2.24, 2.45) is 4.99 Å². The van der Waals surface area contributed by atoms with Crippen LogP contribution in [-0.4, -0.2) is 37.4 Å². The zero-order valence-corrected chi connectivity index (χ0v) is 16.5. The van der Waals surface area contributed by atoms with Gasteiger partial charge in [-0.3, -0.25) is 4.99 Å². The smallest absolute Gasteiger partial charge is 0.0923 e. The van der Waals surface area contributed by atoms with Crippen molar-refractivity contribution in [3.05, 3.63) is 59.1 Å². The molecule has 0 amide bonds. The van der Waals surface area contributed by atoms with Gasteiger partial charge in [0.1, 0.15) is 0 Å². The van der Waals surface area contributed by atoms with E-state index in [1.54, 1.807) is 7.05 Å². The predicted octanol–water partition coefficient (Wildman–Crippen LogP) is 3.66. The van der Waals surface area contributed by atoms with Gasteiger partial charge in [0, 0.05) is 31.9 Å². The number of hydrogen-bond acceptors (Lipinski definition) is 3. The summed E-state index contributed by atoms with van der Waals surface area (Å²) in [5.74, 6) is 6.39. The van der Waals surface area contributed by atoms with Crippen LogP contribution < -0.4 is 5.32 Å². The van der Waals surface area contributed by atoms with Gasteiger partial charge in [0.25, 0.3) is 0 Å². The van der Waals surface area contributed by atoms with Crippen LogP contribution in [0.1, 0.15) is 20.8 Å². The Bertz CT molecular complexity index is 679. The van der Waals surface area contributed by atoms with Crippen molar-refractivity contribution in [3.63, 3.8) is 0 Å². The summed E-state index contributed by atoms with van der Waals surface area (Å²) in [5.41, 5.74) is 5.00. The molecule has 24 heavy (non-hydrogen) atoms. The summed E-state index contributed by atoms with van der Waals surface area (Å²) in [6.07, 6.45) is 13.3. The topological polar surface area (TPSA) is 27.6 Å². The van der Waals surface area contributed by atoms with Gasteiger partial charge in [0.2, 0.25) is 0 Å². The summed E-state index contributed by atoms with van der Waals surface area (Å²) in [4.78, 5) is 6.47. The zero-order valence-electron chi connectivity index (χ0n) is 15.4. The minimum atomic E-state index is 0.878. The molecule has 1 rings (SSSR count). The van der Waals surface area contributed by atoms with Crippen molar-refractivity contribution < 1.29 is 0 Å². The fourth-order valence-electron chi connectivity index (χ4n) is 2.22. The molecule has 1 aliphatic heterocycles. The molecule has 0 aromatic carbocycles. The highest BCUT2D eigenvalue weighted by atomic mass is 31.0. The Hall–Kier alpha value is -2.04. The highest BCUT2D eigenvalue weighted by molar-refractivity contribution is 7.16. The van der Waals surface area contributed by atoms with E-state index in [1.165, 1.54) is 5.70 Å². The van der Waals surface area contributed by atoms with E-state index in [-0.39, 0.29) is 0 Å². The lowest BCUT2D eigenvalue weighted by molar-refractivity contribution is 0.459. The minimum absolute atomic E-state index is 0.878. The third kappa shape index (κ3) is 5.87. The second kappa shape index (κ2) is 10.7. The molecule has 1 aliphatic rings. The first-order chi connectivity index (χ1) is 11.6. The second-order valence-electron chi connectivity index (χ2n) is 5.25. The second-order valence-corrected chi connectivity index (χ2v) is 5.82. The van der Waals surface area contributed by atoms with Gasteiger partial charge in [-0.05, 0) is 51.1 Å². The average Bonchev–Trinajstić information content (AvgIpc) is 3.00. The van der Waals surface area contributed by atoms with Crippen LogP contribution in [0, 0.1) is 11.8 Å². The van der Waals surface area contributed by atoms with Crippen molar-refractivity contribution in [1.82, 2.24) is 10.2 Å². The van der Waals surface area contributed by atoms with E-state index in [0.717, 1.165) is 35.4 Å². The monoisotopic (exact) mass is 341 g/mol. The Kier molecular flexibility index (Phi) is 8.90. The number of rotatable bonds is 5. The standard InChI is InChI=1S/C20H28N3P/c1-6-16(10-12-18(7-2)23(5)13-14-24)9-11-17-15-20(21-4)19(8-3)22-17/h6-8,10,12,15,22H,13-14,24H2,1-5H3/b12-10-,16-6-,18-7+,19-8+,21-20-. The van der Waals surface area contributed by atoms with Crippen LogP contribution >= 0.6 is 9.24 Å². The molecule has 128 valence electrons. The lowest BCUT2D eigenvalue weighted by Crippen LogP contribution is -2.18. The molecule has 1 N–H and O–H groups in total. The van der Waals surface area contributed by atoms with E-state index in [1.807, 2.05) is 32.1 Å². The van der Waals surface area contributed by atoms with Crippen molar-refractivity contribution >= 4 is 15.0 Å². The van der Waals surface area contributed by atoms with Crippen LogP contribution in [0.25, 0.3) is 0 Å². The molecular formula is C20H28N3P. The van der Waals surface area contributed by atoms with Crippen LogP contribution in [0.15, 0.2) is 64.1 Å². The van der Waals surface area contributed by atoms with Crippen LogP contribution in [0.5, 0.6) is 0 Å². The molecule has 4 heteroatoms. The van der Waals surface area contributed by atoms with E-state index >= 15 is 0 Å². The van der Waals surface area contributed by atoms with E-state index < -0.39 is 0 Å². The van der Waals surface area contributed by atoms with Crippen molar-refractivity contribution in [1.29, 1.82) is 0 Å². The molecule has 0 saturated carbocycles. The van der Waals surface area contributed by atoms with Gasteiger partial charge in [-0.2, -0.15) is 0 Å². The summed E-state index contributed by atoms with van der Waals surface area (Å²) in [7, 11) is 6.65. The average molecular weight is 341 g/mol. The van der Waals surface area contributed by atoms with Gasteiger partial charge >= 0.3 is 0 Å². The molecule has 0 aromatic rings. The lowest BCUT2D eigenvalue weighted by atomic mass is 10.2. The number of allylic oxidation sites excluding steroid dienone is 8. The van der Waals surface area contributed by atoms with E-state index in [2.05, 4.69) is 68.5 Å². The summed E-state index contributed by atoms with van der Waals surface area (Å²) < 4.78 is 0. The molecule has 0 bridgehead atoms. The maximum atomic E-state index is 4.24. The van der Waals surface area contributed by atoms with Gasteiger partial charge in [-0.25, -0.2) is 0 Å². The third-order valence-corrected chi connectivity index (χ3v) is 3.90. The number of aliphatic imine (C=N–C) groups is 1. The molecule has 1 heterocycles. The first-order valence-electron chi connectivity index (χ1n) is 8.15. The number of hydrogen-bond donors (Lipinski definition) is 1. The van der Waals surface area contributed by atoms with Crippen molar-refractivity contribution in [3.8, 4) is 11.8 Å². The summed E-state index contributed by atoms with van der Waals surface area (Å²) in [6.45, 7) is 7.05. The van der Waals surface area contributed by atoms with Crippen LogP contribution in [0.2, 0.25) is 0 Å². The summed E-state index contributed by atoms with van der Waals surface area (Å²) in [6, 6.07) is 0. The van der Waals surface area contributed by atoms with Gasteiger partial charge in [0.15, 0.2) is 0 Å². The first kappa shape index (κ1) is 20.0. The highest BCUT2D eigenvalue weighted by Gasteiger charge is 2.12. The Balaban J connectivity index is 2.86. The Morgan fingerprint density at radius 3 is 2.54 bits per heavy atom. The molecule has 1 unspecified atom stereocenters. The number of nitrogens with zero attached hydrogens (tertiary/aromatic N) is 2. The molecule has 0 spiro atoms. The molecule has 0 aromatic heterocycles. The Morgan fingerprint density at radius 2 is 2.04 bits per heavy atom. The van der Waals surface area contributed by atoms with Gasteiger partial charge < -0.3 is 10.2 Å². The van der Waals surface area contributed by atoms with E-state index in [0.29, 0.717) is 0 Å². The molecule has 0 fully saturated rings. The SMILES string of the molecule is C\C=C(C#CC1=CC(=N/C)/C(=C\C)N1)/C=C\C(=C/C)N(C)CCP. The minimum Gasteiger partial charge on any atom is -0.375 e. The first-order valence-corrected chi connectivity index (χ1v) is 8.97. The van der Waals surface area contributed by atoms with Crippen LogP contribution in [-0.2, 0) is 0 Å². The maximum absolute atomic E-state index is 4.24. The fourth-order valence-corrected chi connectivity index (χ4v) is 2.61. The van der Waals surface area contributed by atoms with Gasteiger partial charge in [-0.15, -0.1) is 9.24 Å². The molecular weight excluding hydrogens is 313 g/mol. The van der Waals surface area contributed by atoms with Gasteiger partial charge in [0.05, 0.1) is 17.1 Å². The molecule has 3 nitrogen and oxygen atoms in total. The Morgan fingerprint density at radius 1 is 1.29 bits per heavy atom. The molecule has 1 atom stereocenters. The predicted molar refractivity (Wildman–Crippen MR) is 110 cm³/mol. The lowest BCUT2D eigenvalue weighted by Gasteiger charge is -2.19. The number of likely N-dealkylation sites (N-methyl/N-ethyl adjacent to an activating group) is 1. The number of nitrogens with one attached hydrogen (secondary N) is 1.